The van der Waals surface area contributed by atoms with Gasteiger partial charge in [0.15, 0.2) is 0 Å². The fourth-order valence-corrected chi connectivity index (χ4v) is 3.01. The molecule has 4 nitrogen and oxygen atoms in total. The Morgan fingerprint density at radius 2 is 1.91 bits per heavy atom. The minimum atomic E-state index is -0.711. The standard InChI is InChI=1S/C19H28O4/c1-19(2)13-16(14-23-19)15-8-10-17(11-9-15)22-12-6-4-3-5-7-18(20)21/h8-11,16H,3-7,12-14H2,1-2H3,(H,20,21). The van der Waals surface area contributed by atoms with Crippen LogP contribution in [-0.2, 0) is 9.53 Å². The van der Waals surface area contributed by atoms with E-state index in [1.165, 1.54) is 5.56 Å². The normalized spacial score (nSPS) is 19.7. The van der Waals surface area contributed by atoms with Crippen LogP contribution in [0.3, 0.4) is 0 Å². The predicted molar refractivity (Wildman–Crippen MR) is 90.0 cm³/mol. The fourth-order valence-electron chi connectivity index (χ4n) is 3.01. The Kier molecular flexibility index (Phi) is 6.46. The lowest BCUT2D eigenvalue weighted by atomic mass is 9.92. The van der Waals surface area contributed by atoms with Crippen LogP contribution < -0.4 is 4.74 Å². The molecule has 0 bridgehead atoms. The first-order valence-corrected chi connectivity index (χ1v) is 8.55. The molecule has 0 aromatic heterocycles. The van der Waals surface area contributed by atoms with Crippen molar-refractivity contribution in [1.29, 1.82) is 0 Å². The second kappa shape index (κ2) is 8.34. The summed E-state index contributed by atoms with van der Waals surface area (Å²) < 4.78 is 11.5. The van der Waals surface area contributed by atoms with E-state index in [0.717, 1.165) is 44.5 Å². The molecule has 1 aromatic carbocycles. The Bertz CT molecular complexity index is 493. The van der Waals surface area contributed by atoms with E-state index in [0.29, 0.717) is 12.5 Å². The van der Waals surface area contributed by atoms with Gasteiger partial charge in [-0.15, -0.1) is 0 Å². The van der Waals surface area contributed by atoms with Gasteiger partial charge in [0.1, 0.15) is 5.75 Å². The lowest BCUT2D eigenvalue weighted by molar-refractivity contribution is -0.137. The highest BCUT2D eigenvalue weighted by molar-refractivity contribution is 5.66. The van der Waals surface area contributed by atoms with Crippen LogP contribution in [0.15, 0.2) is 24.3 Å². The van der Waals surface area contributed by atoms with Crippen molar-refractivity contribution in [2.24, 2.45) is 0 Å². The largest absolute Gasteiger partial charge is 0.494 e. The summed E-state index contributed by atoms with van der Waals surface area (Å²) in [5.74, 6) is 0.670. The molecule has 1 saturated heterocycles. The van der Waals surface area contributed by atoms with Gasteiger partial charge in [0.2, 0.25) is 0 Å². The number of carbonyl (C=O) groups is 1. The van der Waals surface area contributed by atoms with Crippen molar-refractivity contribution in [2.75, 3.05) is 13.2 Å². The maximum Gasteiger partial charge on any atom is 0.303 e. The van der Waals surface area contributed by atoms with Gasteiger partial charge in [0.25, 0.3) is 0 Å². The van der Waals surface area contributed by atoms with Crippen molar-refractivity contribution in [2.45, 2.75) is 63.9 Å². The van der Waals surface area contributed by atoms with Gasteiger partial charge in [-0.25, -0.2) is 0 Å². The fraction of sp³-hybridized carbons (Fsp3) is 0.632. The van der Waals surface area contributed by atoms with Crippen LogP contribution in [-0.4, -0.2) is 29.9 Å². The van der Waals surface area contributed by atoms with E-state index in [1.54, 1.807) is 0 Å². The van der Waals surface area contributed by atoms with Gasteiger partial charge in [-0.05, 0) is 50.8 Å². The van der Waals surface area contributed by atoms with Gasteiger partial charge in [-0.2, -0.15) is 0 Å². The van der Waals surface area contributed by atoms with Gasteiger partial charge in [-0.3, -0.25) is 4.79 Å². The number of carboxylic acids is 1. The summed E-state index contributed by atoms with van der Waals surface area (Å²) in [5.41, 5.74) is 1.30. The Balaban J connectivity index is 1.64. The highest BCUT2D eigenvalue weighted by atomic mass is 16.5. The smallest absolute Gasteiger partial charge is 0.303 e. The van der Waals surface area contributed by atoms with Crippen molar-refractivity contribution in [1.82, 2.24) is 0 Å². The average Bonchev–Trinajstić information content (AvgIpc) is 2.87. The van der Waals surface area contributed by atoms with E-state index >= 15 is 0 Å². The van der Waals surface area contributed by atoms with Gasteiger partial charge < -0.3 is 14.6 Å². The van der Waals surface area contributed by atoms with Crippen molar-refractivity contribution in [3.63, 3.8) is 0 Å². The molecule has 2 rings (SSSR count). The first-order valence-electron chi connectivity index (χ1n) is 8.55. The van der Waals surface area contributed by atoms with Crippen LogP contribution in [0.1, 0.15) is 63.9 Å². The summed E-state index contributed by atoms with van der Waals surface area (Å²) in [6.45, 7) is 5.76. The molecule has 128 valence electrons. The lowest BCUT2D eigenvalue weighted by Crippen LogP contribution is -2.16. The zero-order chi connectivity index (χ0) is 16.7. The minimum absolute atomic E-state index is 0.0134. The highest BCUT2D eigenvalue weighted by Gasteiger charge is 2.32. The molecule has 0 radical (unpaired) electrons. The number of aliphatic carboxylic acids is 1. The molecule has 1 aliphatic heterocycles. The molecular weight excluding hydrogens is 292 g/mol. The zero-order valence-electron chi connectivity index (χ0n) is 14.2. The van der Waals surface area contributed by atoms with Crippen LogP contribution >= 0.6 is 0 Å². The van der Waals surface area contributed by atoms with Crippen molar-refractivity contribution < 1.29 is 19.4 Å². The van der Waals surface area contributed by atoms with E-state index in [2.05, 4.69) is 26.0 Å². The molecule has 4 heteroatoms. The van der Waals surface area contributed by atoms with Crippen LogP contribution in [0.5, 0.6) is 5.75 Å². The first-order chi connectivity index (χ1) is 11.0. The minimum Gasteiger partial charge on any atom is -0.494 e. The SMILES string of the molecule is CC1(C)CC(c2ccc(OCCCCCCC(=O)O)cc2)CO1. The lowest BCUT2D eigenvalue weighted by Gasteiger charge is -2.16. The highest BCUT2D eigenvalue weighted by Crippen LogP contribution is 2.36. The molecule has 1 aromatic rings. The zero-order valence-corrected chi connectivity index (χ0v) is 14.2. The van der Waals surface area contributed by atoms with Gasteiger partial charge in [0.05, 0.1) is 18.8 Å². The maximum atomic E-state index is 10.4. The van der Waals surface area contributed by atoms with E-state index in [1.807, 2.05) is 12.1 Å². The van der Waals surface area contributed by atoms with Gasteiger partial charge in [0, 0.05) is 12.3 Å². The quantitative estimate of drug-likeness (QED) is 0.686. The number of benzene rings is 1. The van der Waals surface area contributed by atoms with E-state index in [9.17, 15) is 4.79 Å². The Morgan fingerprint density at radius 1 is 1.22 bits per heavy atom. The van der Waals surface area contributed by atoms with Crippen molar-refractivity contribution >= 4 is 5.97 Å². The van der Waals surface area contributed by atoms with Crippen LogP contribution in [0, 0.1) is 0 Å². The summed E-state index contributed by atoms with van der Waals surface area (Å²) in [6, 6.07) is 8.34. The number of unbranched alkanes of at least 4 members (excludes halogenated alkanes) is 3. The Labute approximate surface area is 138 Å². The van der Waals surface area contributed by atoms with E-state index < -0.39 is 5.97 Å². The number of ether oxygens (including phenoxy) is 2. The molecule has 0 spiro atoms. The van der Waals surface area contributed by atoms with Crippen LogP contribution in [0.4, 0.5) is 0 Å². The summed E-state index contributed by atoms with van der Waals surface area (Å²) in [5, 5.41) is 8.56. The molecule has 0 saturated carbocycles. The maximum absolute atomic E-state index is 10.4. The average molecular weight is 320 g/mol. The first kappa shape index (κ1) is 17.8. The number of hydrogen-bond acceptors (Lipinski definition) is 3. The van der Waals surface area contributed by atoms with Crippen LogP contribution in [0.2, 0.25) is 0 Å². The topological polar surface area (TPSA) is 55.8 Å². The Hall–Kier alpha value is -1.55. The monoisotopic (exact) mass is 320 g/mol. The van der Waals surface area contributed by atoms with E-state index in [4.69, 9.17) is 14.6 Å². The van der Waals surface area contributed by atoms with Crippen molar-refractivity contribution in [3.8, 4) is 5.75 Å². The predicted octanol–water partition coefficient (Wildman–Crippen LogP) is 4.38. The van der Waals surface area contributed by atoms with Crippen LogP contribution in [0.25, 0.3) is 0 Å². The third-order valence-corrected chi connectivity index (χ3v) is 4.32. The number of hydrogen-bond donors (Lipinski definition) is 1. The third kappa shape index (κ3) is 6.22. The molecule has 1 heterocycles. The molecule has 1 N–H and O–H groups in total. The molecule has 1 aliphatic rings. The number of rotatable bonds is 9. The molecule has 1 atom stereocenters. The molecule has 0 amide bonds. The summed E-state index contributed by atoms with van der Waals surface area (Å²) in [4.78, 5) is 10.4. The van der Waals surface area contributed by atoms with Gasteiger partial charge >= 0.3 is 5.97 Å². The van der Waals surface area contributed by atoms with E-state index in [-0.39, 0.29) is 12.0 Å². The molecule has 1 fully saturated rings. The summed E-state index contributed by atoms with van der Waals surface area (Å²) in [6.07, 6.45) is 5.01. The Morgan fingerprint density at radius 3 is 2.52 bits per heavy atom. The summed E-state index contributed by atoms with van der Waals surface area (Å²) in [7, 11) is 0. The van der Waals surface area contributed by atoms with Crippen molar-refractivity contribution in [3.05, 3.63) is 29.8 Å². The molecular formula is C19H28O4. The van der Waals surface area contributed by atoms with Gasteiger partial charge in [-0.1, -0.05) is 25.0 Å². The second-order valence-corrected chi connectivity index (χ2v) is 6.95. The molecule has 1 unspecified atom stereocenters. The molecule has 23 heavy (non-hydrogen) atoms. The summed E-state index contributed by atoms with van der Waals surface area (Å²) >= 11 is 0. The number of carboxylic acid groups (broad SMARTS) is 1. The third-order valence-electron chi connectivity index (χ3n) is 4.32. The second-order valence-electron chi connectivity index (χ2n) is 6.95. The molecule has 0 aliphatic carbocycles.